The zero-order valence-electron chi connectivity index (χ0n) is 14.7. The highest BCUT2D eigenvalue weighted by Gasteiger charge is 2.15. The molecule has 0 saturated carbocycles. The van der Waals surface area contributed by atoms with E-state index in [9.17, 15) is 18.8 Å². The molecule has 1 aromatic carbocycles. The van der Waals surface area contributed by atoms with Crippen molar-refractivity contribution < 1.29 is 9.18 Å². The summed E-state index contributed by atoms with van der Waals surface area (Å²) in [5, 5.41) is 0. The molecule has 0 radical (unpaired) electrons. The molecule has 0 aliphatic rings. The van der Waals surface area contributed by atoms with Gasteiger partial charge in [-0.2, -0.15) is 0 Å². The largest absolute Gasteiger partial charge is 0.341 e. The normalized spacial score (nSPS) is 11.1. The van der Waals surface area contributed by atoms with Crippen LogP contribution in [0.3, 0.4) is 0 Å². The first-order valence-electron chi connectivity index (χ1n) is 8.12. The van der Waals surface area contributed by atoms with E-state index in [-0.39, 0.29) is 42.3 Å². The van der Waals surface area contributed by atoms with Gasteiger partial charge in [0.15, 0.2) is 5.65 Å². The lowest BCUT2D eigenvalue weighted by Crippen LogP contribution is -2.28. The number of H-pyrrole nitrogens is 2. The van der Waals surface area contributed by atoms with Crippen LogP contribution >= 0.6 is 15.9 Å². The Labute approximate surface area is 161 Å². The van der Waals surface area contributed by atoms with Crippen LogP contribution in [0.15, 0.2) is 32.3 Å². The summed E-state index contributed by atoms with van der Waals surface area (Å²) >= 11 is 3.28. The van der Waals surface area contributed by atoms with Crippen LogP contribution in [0.5, 0.6) is 0 Å². The number of aryl methyl sites for hydroxylation is 2. The molecular formula is C17H17BrFN5O3. The average molecular weight is 438 g/mol. The molecule has 2 N–H and O–H groups in total. The lowest BCUT2D eigenvalue weighted by Gasteiger charge is -2.17. The van der Waals surface area contributed by atoms with Crippen molar-refractivity contribution in [1.29, 1.82) is 0 Å². The van der Waals surface area contributed by atoms with Gasteiger partial charge in [0.2, 0.25) is 5.91 Å². The molecule has 8 nitrogen and oxygen atoms in total. The molecule has 0 spiro atoms. The number of halogens is 2. The highest BCUT2D eigenvalue weighted by Crippen LogP contribution is 2.17. The van der Waals surface area contributed by atoms with Crippen LogP contribution in [0.1, 0.15) is 17.8 Å². The zero-order chi connectivity index (χ0) is 19.7. The summed E-state index contributed by atoms with van der Waals surface area (Å²) in [5.41, 5.74) is -0.289. The Morgan fingerprint density at radius 2 is 2.07 bits per heavy atom. The number of aromatic nitrogens is 4. The van der Waals surface area contributed by atoms with Gasteiger partial charge < -0.3 is 9.88 Å². The molecule has 27 heavy (non-hydrogen) atoms. The molecule has 0 bridgehead atoms. The number of nitrogens with zero attached hydrogens (tertiary/aromatic N) is 3. The Morgan fingerprint density at radius 1 is 1.33 bits per heavy atom. The first-order chi connectivity index (χ1) is 12.8. The monoisotopic (exact) mass is 437 g/mol. The minimum atomic E-state index is -0.558. The maximum absolute atomic E-state index is 13.8. The van der Waals surface area contributed by atoms with E-state index in [2.05, 4.69) is 30.9 Å². The number of imidazole rings is 1. The topological polar surface area (TPSA) is 104 Å². The third kappa shape index (κ3) is 4.00. The molecule has 3 aromatic rings. The first-order valence-corrected chi connectivity index (χ1v) is 8.91. The molecule has 0 atom stereocenters. The maximum atomic E-state index is 13.8. The third-order valence-corrected chi connectivity index (χ3v) is 4.71. The van der Waals surface area contributed by atoms with Crippen LogP contribution in [0.25, 0.3) is 11.2 Å². The number of nitrogens with one attached hydrogen (secondary N) is 2. The zero-order valence-corrected chi connectivity index (χ0v) is 16.3. The van der Waals surface area contributed by atoms with E-state index >= 15 is 0 Å². The summed E-state index contributed by atoms with van der Waals surface area (Å²) in [5.74, 6) is -0.153. The summed E-state index contributed by atoms with van der Waals surface area (Å²) in [6.45, 7) is 0.137. The smallest absolute Gasteiger partial charge is 0.329 e. The van der Waals surface area contributed by atoms with Gasteiger partial charge in [-0.1, -0.05) is 15.9 Å². The number of amides is 1. The lowest BCUT2D eigenvalue weighted by atomic mass is 10.2. The maximum Gasteiger partial charge on any atom is 0.329 e. The number of hydrogen-bond donors (Lipinski definition) is 2. The van der Waals surface area contributed by atoms with Gasteiger partial charge in [-0.25, -0.2) is 14.2 Å². The van der Waals surface area contributed by atoms with Crippen molar-refractivity contribution in [3.8, 4) is 0 Å². The second kappa shape index (κ2) is 7.47. The Balaban J connectivity index is 1.70. The van der Waals surface area contributed by atoms with Gasteiger partial charge in [-0.3, -0.25) is 19.1 Å². The SMILES string of the molecule is CN(Cc1cc(Br)ccc1F)C(=O)CCc1nc2c([nH]1)c(=O)[nH]c(=O)n2C. The van der Waals surface area contributed by atoms with E-state index in [0.29, 0.717) is 11.4 Å². The van der Waals surface area contributed by atoms with E-state index in [1.165, 1.54) is 22.6 Å². The highest BCUT2D eigenvalue weighted by molar-refractivity contribution is 9.10. The Hall–Kier alpha value is -2.75. The molecule has 10 heteroatoms. The van der Waals surface area contributed by atoms with Gasteiger partial charge in [0, 0.05) is 43.5 Å². The number of hydrogen-bond acceptors (Lipinski definition) is 4. The van der Waals surface area contributed by atoms with Crippen LogP contribution in [-0.2, 0) is 24.8 Å². The van der Waals surface area contributed by atoms with Crippen LogP contribution < -0.4 is 11.2 Å². The van der Waals surface area contributed by atoms with E-state index in [0.717, 1.165) is 4.47 Å². The lowest BCUT2D eigenvalue weighted by molar-refractivity contribution is -0.130. The van der Waals surface area contributed by atoms with Crippen molar-refractivity contribution >= 4 is 33.0 Å². The molecule has 0 unspecified atom stereocenters. The summed E-state index contributed by atoms with van der Waals surface area (Å²) in [6, 6.07) is 4.57. The summed E-state index contributed by atoms with van der Waals surface area (Å²) in [6.07, 6.45) is 0.379. The standard InChI is InChI=1S/C17H17BrFN5O3/c1-23(8-9-7-10(18)3-4-11(9)19)13(25)6-5-12-20-14-15(21-12)24(2)17(27)22-16(14)26/h3-4,7H,5-6,8H2,1-2H3,(H,20,21)(H,22,26,27). The van der Waals surface area contributed by atoms with Crippen LogP contribution in [0.2, 0.25) is 0 Å². The van der Waals surface area contributed by atoms with Crippen LogP contribution in [0, 0.1) is 5.82 Å². The fraction of sp³-hybridized carbons (Fsp3) is 0.294. The van der Waals surface area contributed by atoms with Gasteiger partial charge >= 0.3 is 5.69 Å². The highest BCUT2D eigenvalue weighted by atomic mass is 79.9. The molecule has 0 aliphatic carbocycles. The summed E-state index contributed by atoms with van der Waals surface area (Å²) in [7, 11) is 3.09. The van der Waals surface area contributed by atoms with Gasteiger partial charge in [0.25, 0.3) is 5.56 Å². The molecule has 3 rings (SSSR count). The van der Waals surface area contributed by atoms with Gasteiger partial charge in [-0.15, -0.1) is 0 Å². The predicted octanol–water partition coefficient (Wildman–Crippen LogP) is 1.44. The molecule has 0 saturated heterocycles. The van der Waals surface area contributed by atoms with E-state index in [1.54, 1.807) is 19.2 Å². The molecule has 2 heterocycles. The fourth-order valence-corrected chi connectivity index (χ4v) is 3.10. The van der Waals surface area contributed by atoms with Gasteiger partial charge in [-0.05, 0) is 18.2 Å². The number of carbonyl (C=O) groups is 1. The summed E-state index contributed by atoms with van der Waals surface area (Å²) in [4.78, 5) is 46.4. The Bertz CT molecular complexity index is 1130. The first kappa shape index (κ1) is 19.0. The Kier molecular flexibility index (Phi) is 5.26. The number of carbonyl (C=O) groups excluding carboxylic acids is 1. The molecule has 2 aromatic heterocycles. The van der Waals surface area contributed by atoms with Crippen molar-refractivity contribution in [2.75, 3.05) is 7.05 Å². The molecule has 0 aliphatic heterocycles. The fourth-order valence-electron chi connectivity index (χ4n) is 2.70. The van der Waals surface area contributed by atoms with E-state index in [4.69, 9.17) is 0 Å². The van der Waals surface area contributed by atoms with Crippen LogP contribution in [-0.4, -0.2) is 37.4 Å². The third-order valence-electron chi connectivity index (χ3n) is 4.22. The second-order valence-corrected chi connectivity index (χ2v) is 7.10. The summed E-state index contributed by atoms with van der Waals surface area (Å²) < 4.78 is 15.8. The average Bonchev–Trinajstić information content (AvgIpc) is 3.06. The van der Waals surface area contributed by atoms with E-state index < -0.39 is 11.2 Å². The van der Waals surface area contributed by atoms with Crippen molar-refractivity contribution in [1.82, 2.24) is 24.4 Å². The van der Waals surface area contributed by atoms with Gasteiger partial charge in [0.1, 0.15) is 17.2 Å². The number of fused-ring (bicyclic) bond motifs is 1. The van der Waals surface area contributed by atoms with Crippen molar-refractivity contribution in [3.63, 3.8) is 0 Å². The molecule has 142 valence electrons. The Morgan fingerprint density at radius 3 is 2.81 bits per heavy atom. The van der Waals surface area contributed by atoms with Crippen molar-refractivity contribution in [2.45, 2.75) is 19.4 Å². The quantitative estimate of drug-likeness (QED) is 0.629. The number of benzene rings is 1. The predicted molar refractivity (Wildman–Crippen MR) is 101 cm³/mol. The van der Waals surface area contributed by atoms with Crippen molar-refractivity contribution in [2.24, 2.45) is 7.05 Å². The molecule has 0 fully saturated rings. The molecule has 1 amide bonds. The van der Waals surface area contributed by atoms with Crippen molar-refractivity contribution in [3.05, 3.63) is 60.7 Å². The van der Waals surface area contributed by atoms with Crippen LogP contribution in [0.4, 0.5) is 4.39 Å². The van der Waals surface area contributed by atoms with E-state index in [1.807, 2.05) is 0 Å². The minimum absolute atomic E-state index is 0.123. The number of rotatable bonds is 5. The number of aromatic amines is 2. The minimum Gasteiger partial charge on any atom is -0.341 e. The molecular weight excluding hydrogens is 421 g/mol. The second-order valence-electron chi connectivity index (χ2n) is 6.19. The van der Waals surface area contributed by atoms with Gasteiger partial charge in [0.05, 0.1) is 0 Å².